The van der Waals surface area contributed by atoms with Crippen molar-refractivity contribution in [1.29, 1.82) is 0 Å². The van der Waals surface area contributed by atoms with Crippen molar-refractivity contribution in [1.82, 2.24) is 9.97 Å². The van der Waals surface area contributed by atoms with Crippen LogP contribution in [0.5, 0.6) is 0 Å². The van der Waals surface area contributed by atoms with E-state index < -0.39 is 23.8 Å². The van der Waals surface area contributed by atoms with Gasteiger partial charge >= 0.3 is 12.1 Å². The minimum atomic E-state index is -4.38. The molecule has 0 saturated heterocycles. The van der Waals surface area contributed by atoms with E-state index in [0.29, 0.717) is 17.0 Å². The minimum absolute atomic E-state index is 0.0431. The highest BCUT2D eigenvalue weighted by atomic mass is 19.4. The molecule has 3 aromatic rings. The van der Waals surface area contributed by atoms with E-state index in [9.17, 15) is 18.0 Å². The Labute approximate surface area is 176 Å². The number of alkyl halides is 3. The zero-order chi connectivity index (χ0) is 22.6. The van der Waals surface area contributed by atoms with Crippen molar-refractivity contribution in [2.75, 3.05) is 5.73 Å². The topological polar surface area (TPSA) is 115 Å². The average Bonchev–Trinajstić information content (AvgIpc) is 2.72. The van der Waals surface area contributed by atoms with Crippen LogP contribution in [0.2, 0.25) is 0 Å². The van der Waals surface area contributed by atoms with E-state index in [1.807, 2.05) is 0 Å². The van der Waals surface area contributed by atoms with E-state index >= 15 is 0 Å². The summed E-state index contributed by atoms with van der Waals surface area (Å²) in [6.07, 6.45) is -0.929. The molecule has 1 heterocycles. The third-order valence-corrected chi connectivity index (χ3v) is 4.47. The average molecular weight is 428 g/mol. The van der Waals surface area contributed by atoms with Crippen LogP contribution in [0.25, 0.3) is 23.4 Å². The molecule has 5 N–H and O–H groups in total. The van der Waals surface area contributed by atoms with Gasteiger partial charge in [-0.25, -0.2) is 9.97 Å². The predicted molar refractivity (Wildman–Crippen MR) is 112 cm³/mol. The number of carbonyl (C=O) groups is 1. The molecular weight excluding hydrogens is 409 g/mol. The fourth-order valence-corrected chi connectivity index (χ4v) is 2.84. The maximum Gasteiger partial charge on any atom is 0.416 e. The summed E-state index contributed by atoms with van der Waals surface area (Å²) in [5.41, 5.74) is 13.7. The van der Waals surface area contributed by atoms with Gasteiger partial charge in [-0.05, 0) is 41.8 Å². The molecule has 0 unspecified atom stereocenters. The molecule has 0 bridgehead atoms. The van der Waals surface area contributed by atoms with Crippen LogP contribution in [0, 0.1) is 0 Å². The number of carboxylic acid groups (broad SMARTS) is 1. The lowest BCUT2D eigenvalue weighted by molar-refractivity contribution is -0.139. The van der Waals surface area contributed by atoms with Crippen molar-refractivity contribution in [3.63, 3.8) is 0 Å². The molecule has 0 spiro atoms. The quantitative estimate of drug-likeness (QED) is 0.549. The van der Waals surface area contributed by atoms with Crippen LogP contribution in [0.4, 0.5) is 19.1 Å². The number of aromatic nitrogens is 2. The Bertz CT molecular complexity index is 1100. The normalized spacial score (nSPS) is 12.8. The molecule has 0 saturated carbocycles. The molecule has 0 amide bonds. The molecule has 9 heteroatoms. The Hall–Kier alpha value is -3.72. The summed E-state index contributed by atoms with van der Waals surface area (Å²) < 4.78 is 38.0. The fraction of sp³-hybridized carbons (Fsp3) is 0.136. The van der Waals surface area contributed by atoms with Crippen molar-refractivity contribution in [3.8, 4) is 11.3 Å². The molecule has 160 valence electrons. The number of anilines is 1. The summed E-state index contributed by atoms with van der Waals surface area (Å²) in [6, 6.07) is 12.5. The fourth-order valence-electron chi connectivity index (χ4n) is 2.84. The van der Waals surface area contributed by atoms with E-state index in [-0.39, 0.29) is 12.4 Å². The summed E-state index contributed by atoms with van der Waals surface area (Å²) in [7, 11) is 0. The second kappa shape index (κ2) is 8.97. The predicted octanol–water partition coefficient (Wildman–Crippen LogP) is 3.87. The minimum Gasteiger partial charge on any atom is -0.480 e. The first-order chi connectivity index (χ1) is 14.6. The van der Waals surface area contributed by atoms with Crippen molar-refractivity contribution in [2.45, 2.75) is 18.6 Å². The monoisotopic (exact) mass is 428 g/mol. The highest BCUT2D eigenvalue weighted by Gasteiger charge is 2.29. The Morgan fingerprint density at radius 3 is 2.26 bits per heavy atom. The van der Waals surface area contributed by atoms with Crippen LogP contribution in [-0.4, -0.2) is 27.1 Å². The van der Waals surface area contributed by atoms with Crippen LogP contribution >= 0.6 is 0 Å². The molecule has 0 aliphatic heterocycles. The molecule has 0 aliphatic carbocycles. The zero-order valence-corrected chi connectivity index (χ0v) is 16.2. The number of carboxylic acids is 1. The van der Waals surface area contributed by atoms with E-state index in [4.69, 9.17) is 16.6 Å². The lowest BCUT2D eigenvalue weighted by Crippen LogP contribution is -2.32. The number of nitrogens with zero attached hydrogens (tertiary/aromatic N) is 2. The standard InChI is InChI=1S/C22H19F3N4O2/c23-22(24,25)16-8-3-13(4-9-16)5-10-17-12-19(29-21(27)28-17)15-6-1-14(2-7-15)11-18(26)20(30)31/h1-10,12,18H,11,26H2,(H,30,31)(H2,27,28,29)/b10-5+/t18-/m0/s1. The summed E-state index contributed by atoms with van der Waals surface area (Å²) in [4.78, 5) is 19.2. The number of aliphatic carboxylic acids is 1. The summed E-state index contributed by atoms with van der Waals surface area (Å²) in [5.74, 6) is -1.03. The third-order valence-electron chi connectivity index (χ3n) is 4.47. The zero-order valence-electron chi connectivity index (χ0n) is 16.2. The number of halogens is 3. The molecule has 1 aromatic heterocycles. The van der Waals surface area contributed by atoms with E-state index in [1.165, 1.54) is 12.1 Å². The number of nitrogen functional groups attached to an aromatic ring is 1. The number of benzene rings is 2. The first-order valence-electron chi connectivity index (χ1n) is 9.19. The third kappa shape index (κ3) is 5.89. The van der Waals surface area contributed by atoms with Gasteiger partial charge in [-0.3, -0.25) is 4.79 Å². The Morgan fingerprint density at radius 1 is 1.03 bits per heavy atom. The van der Waals surface area contributed by atoms with Gasteiger partial charge in [0.1, 0.15) is 6.04 Å². The second-order valence-corrected chi connectivity index (χ2v) is 6.84. The number of nitrogens with two attached hydrogens (primary N) is 2. The SMILES string of the molecule is Nc1nc(/C=C/c2ccc(C(F)(F)F)cc2)cc(-c2ccc(C[C@H](N)C(=O)O)cc2)n1. The van der Waals surface area contributed by atoms with Gasteiger partial charge in [0.15, 0.2) is 0 Å². The lowest BCUT2D eigenvalue weighted by Gasteiger charge is -2.08. The van der Waals surface area contributed by atoms with Gasteiger partial charge in [-0.1, -0.05) is 42.5 Å². The van der Waals surface area contributed by atoms with Gasteiger partial charge in [0, 0.05) is 5.56 Å². The van der Waals surface area contributed by atoms with Crippen molar-refractivity contribution in [2.24, 2.45) is 5.73 Å². The smallest absolute Gasteiger partial charge is 0.416 e. The number of hydrogen-bond donors (Lipinski definition) is 3. The molecule has 6 nitrogen and oxygen atoms in total. The largest absolute Gasteiger partial charge is 0.480 e. The van der Waals surface area contributed by atoms with Crippen molar-refractivity contribution < 1.29 is 23.1 Å². The molecule has 31 heavy (non-hydrogen) atoms. The molecule has 0 radical (unpaired) electrons. The first kappa shape index (κ1) is 22.0. The Morgan fingerprint density at radius 2 is 1.68 bits per heavy atom. The summed E-state index contributed by atoms with van der Waals surface area (Å²) in [5, 5.41) is 8.91. The van der Waals surface area contributed by atoms with Gasteiger partial charge in [-0.2, -0.15) is 13.2 Å². The number of rotatable bonds is 6. The Kier molecular flexibility index (Phi) is 6.36. The Balaban J connectivity index is 1.78. The van der Waals surface area contributed by atoms with Crippen molar-refractivity contribution in [3.05, 3.63) is 77.0 Å². The maximum absolute atomic E-state index is 12.7. The molecule has 0 aliphatic rings. The second-order valence-electron chi connectivity index (χ2n) is 6.84. The molecule has 1 atom stereocenters. The van der Waals surface area contributed by atoms with Crippen molar-refractivity contribution >= 4 is 24.1 Å². The lowest BCUT2D eigenvalue weighted by atomic mass is 10.0. The van der Waals surface area contributed by atoms with E-state index in [0.717, 1.165) is 23.3 Å². The molecule has 0 fully saturated rings. The summed E-state index contributed by atoms with van der Waals surface area (Å²) >= 11 is 0. The van der Waals surface area contributed by atoms with Crippen LogP contribution in [0.3, 0.4) is 0 Å². The first-order valence-corrected chi connectivity index (χ1v) is 9.19. The van der Waals surface area contributed by atoms with Gasteiger partial charge in [-0.15, -0.1) is 0 Å². The highest BCUT2D eigenvalue weighted by Crippen LogP contribution is 2.29. The maximum atomic E-state index is 12.7. The molecule has 2 aromatic carbocycles. The van der Waals surface area contributed by atoms with Crippen LogP contribution in [0.1, 0.15) is 22.4 Å². The van der Waals surface area contributed by atoms with Gasteiger partial charge in [0.25, 0.3) is 0 Å². The van der Waals surface area contributed by atoms with E-state index in [1.54, 1.807) is 42.5 Å². The van der Waals surface area contributed by atoms with Crippen LogP contribution in [-0.2, 0) is 17.4 Å². The van der Waals surface area contributed by atoms with Crippen LogP contribution in [0.15, 0.2) is 54.6 Å². The van der Waals surface area contributed by atoms with E-state index in [2.05, 4.69) is 9.97 Å². The van der Waals surface area contributed by atoms with Gasteiger partial charge in [0.05, 0.1) is 17.0 Å². The van der Waals surface area contributed by atoms with Gasteiger partial charge in [0.2, 0.25) is 5.95 Å². The number of hydrogen-bond acceptors (Lipinski definition) is 5. The summed E-state index contributed by atoms with van der Waals surface area (Å²) in [6.45, 7) is 0. The van der Waals surface area contributed by atoms with Gasteiger partial charge < -0.3 is 16.6 Å². The molecule has 3 rings (SSSR count). The molecular formula is C22H19F3N4O2. The van der Waals surface area contributed by atoms with Crippen LogP contribution < -0.4 is 11.5 Å². The highest BCUT2D eigenvalue weighted by molar-refractivity contribution is 5.74.